The summed E-state index contributed by atoms with van der Waals surface area (Å²) in [5.41, 5.74) is 1.37. The maximum atomic E-state index is 13.2. The van der Waals surface area contributed by atoms with Crippen molar-refractivity contribution in [2.75, 3.05) is 20.2 Å². The summed E-state index contributed by atoms with van der Waals surface area (Å²) in [6, 6.07) is 13.0. The average molecular weight is 356 g/mol. The minimum Gasteiger partial charge on any atom is -0.497 e. The third-order valence-electron chi connectivity index (χ3n) is 4.47. The third kappa shape index (κ3) is 4.39. The van der Waals surface area contributed by atoms with Crippen molar-refractivity contribution in [3.63, 3.8) is 0 Å². The zero-order chi connectivity index (χ0) is 18.5. The second-order valence-electron chi connectivity index (χ2n) is 6.32. The number of methoxy groups -OCH3 is 1. The Balaban J connectivity index is 1.52. The van der Waals surface area contributed by atoms with E-state index in [0.717, 1.165) is 17.7 Å². The number of nitrogens with one attached hydrogen (secondary N) is 1. The van der Waals surface area contributed by atoms with Gasteiger partial charge in [-0.25, -0.2) is 4.39 Å². The predicted molar refractivity (Wildman–Crippen MR) is 95.5 cm³/mol. The molecule has 0 aromatic heterocycles. The molecule has 3 rings (SSSR count). The largest absolute Gasteiger partial charge is 0.497 e. The topological polar surface area (TPSA) is 58.6 Å². The van der Waals surface area contributed by atoms with E-state index in [2.05, 4.69) is 5.32 Å². The van der Waals surface area contributed by atoms with Crippen molar-refractivity contribution in [3.8, 4) is 5.75 Å². The Morgan fingerprint density at radius 3 is 2.73 bits per heavy atom. The van der Waals surface area contributed by atoms with Crippen molar-refractivity contribution in [2.24, 2.45) is 0 Å². The Kier molecular flexibility index (Phi) is 5.51. The molecule has 2 aromatic rings. The number of ether oxygens (including phenoxy) is 1. The Morgan fingerprint density at radius 2 is 2.04 bits per heavy atom. The molecule has 0 bridgehead atoms. The van der Waals surface area contributed by atoms with Crippen LogP contribution in [0.5, 0.6) is 5.75 Å². The standard InChI is InChI=1S/C20H21FN2O3/c1-26-18-7-5-14(6-8-18)9-10-23-13-17(12-19(23)24)22-20(25)15-3-2-4-16(21)11-15/h2-8,11,17H,9-10,12-13H2,1H3,(H,22,25)/t17-/m1/s1. The van der Waals surface area contributed by atoms with Crippen molar-refractivity contribution in [3.05, 3.63) is 65.5 Å². The second-order valence-corrected chi connectivity index (χ2v) is 6.32. The van der Waals surface area contributed by atoms with Gasteiger partial charge in [-0.3, -0.25) is 9.59 Å². The molecular formula is C20H21FN2O3. The molecule has 0 unspecified atom stereocenters. The highest BCUT2D eigenvalue weighted by molar-refractivity contribution is 5.95. The summed E-state index contributed by atoms with van der Waals surface area (Å²) >= 11 is 0. The molecule has 26 heavy (non-hydrogen) atoms. The molecule has 2 amide bonds. The van der Waals surface area contributed by atoms with Gasteiger partial charge in [0.2, 0.25) is 5.91 Å². The number of halogens is 1. The summed E-state index contributed by atoms with van der Waals surface area (Å²) in [5, 5.41) is 2.81. The zero-order valence-corrected chi connectivity index (χ0v) is 14.6. The van der Waals surface area contributed by atoms with Gasteiger partial charge in [-0.2, -0.15) is 0 Å². The molecule has 5 nitrogen and oxygen atoms in total. The highest BCUT2D eigenvalue weighted by atomic mass is 19.1. The molecule has 1 heterocycles. The number of nitrogens with zero attached hydrogens (tertiary/aromatic N) is 1. The number of hydrogen-bond acceptors (Lipinski definition) is 3. The Morgan fingerprint density at radius 1 is 1.27 bits per heavy atom. The van der Waals surface area contributed by atoms with Gasteiger partial charge in [0, 0.05) is 25.1 Å². The fourth-order valence-electron chi connectivity index (χ4n) is 3.04. The van der Waals surface area contributed by atoms with Crippen LogP contribution in [0.15, 0.2) is 48.5 Å². The molecule has 1 atom stereocenters. The third-order valence-corrected chi connectivity index (χ3v) is 4.47. The first kappa shape index (κ1) is 17.9. The van der Waals surface area contributed by atoms with Crippen LogP contribution >= 0.6 is 0 Å². The fraction of sp³-hybridized carbons (Fsp3) is 0.300. The van der Waals surface area contributed by atoms with Crippen LogP contribution in [0.3, 0.4) is 0 Å². The molecule has 1 aliphatic rings. The summed E-state index contributed by atoms with van der Waals surface area (Å²) in [4.78, 5) is 26.1. The lowest BCUT2D eigenvalue weighted by Gasteiger charge is -2.17. The monoisotopic (exact) mass is 356 g/mol. The van der Waals surface area contributed by atoms with E-state index in [-0.39, 0.29) is 29.8 Å². The Hall–Kier alpha value is -2.89. The van der Waals surface area contributed by atoms with Crippen LogP contribution in [0.2, 0.25) is 0 Å². The first-order valence-corrected chi connectivity index (χ1v) is 8.52. The van der Waals surface area contributed by atoms with Crippen molar-refractivity contribution in [1.82, 2.24) is 10.2 Å². The lowest BCUT2D eigenvalue weighted by Crippen LogP contribution is -2.37. The summed E-state index contributed by atoms with van der Waals surface area (Å²) in [7, 11) is 1.62. The highest BCUT2D eigenvalue weighted by Gasteiger charge is 2.30. The maximum Gasteiger partial charge on any atom is 0.251 e. The van der Waals surface area contributed by atoms with Gasteiger partial charge >= 0.3 is 0 Å². The van der Waals surface area contributed by atoms with Crippen LogP contribution in [-0.2, 0) is 11.2 Å². The maximum absolute atomic E-state index is 13.2. The lowest BCUT2D eigenvalue weighted by atomic mass is 10.1. The van der Waals surface area contributed by atoms with E-state index in [4.69, 9.17) is 4.74 Å². The quantitative estimate of drug-likeness (QED) is 0.865. The van der Waals surface area contributed by atoms with Crippen LogP contribution in [-0.4, -0.2) is 43.0 Å². The van der Waals surface area contributed by atoms with Gasteiger partial charge < -0.3 is 15.0 Å². The molecule has 136 valence electrons. The van der Waals surface area contributed by atoms with E-state index >= 15 is 0 Å². The van der Waals surface area contributed by atoms with Crippen molar-refractivity contribution < 1.29 is 18.7 Å². The normalized spacial score (nSPS) is 16.6. The second kappa shape index (κ2) is 7.99. The number of carbonyl (C=O) groups excluding carboxylic acids is 2. The number of benzene rings is 2. The van der Waals surface area contributed by atoms with Gasteiger partial charge in [0.1, 0.15) is 11.6 Å². The smallest absolute Gasteiger partial charge is 0.251 e. The number of hydrogen-bond donors (Lipinski definition) is 1. The highest BCUT2D eigenvalue weighted by Crippen LogP contribution is 2.15. The van der Waals surface area contributed by atoms with E-state index in [0.29, 0.717) is 13.1 Å². The molecule has 0 spiro atoms. The summed E-state index contributed by atoms with van der Waals surface area (Å²) < 4.78 is 18.4. The molecule has 1 aliphatic heterocycles. The van der Waals surface area contributed by atoms with E-state index in [1.165, 1.54) is 18.2 Å². The van der Waals surface area contributed by atoms with Gasteiger partial charge in [-0.05, 0) is 42.3 Å². The van der Waals surface area contributed by atoms with Crippen LogP contribution in [0.4, 0.5) is 4.39 Å². The summed E-state index contributed by atoms with van der Waals surface area (Å²) in [6.07, 6.45) is 1.00. The molecule has 2 aromatic carbocycles. The van der Waals surface area contributed by atoms with E-state index in [9.17, 15) is 14.0 Å². The van der Waals surface area contributed by atoms with Gasteiger partial charge in [0.15, 0.2) is 0 Å². The van der Waals surface area contributed by atoms with Gasteiger partial charge in [0.25, 0.3) is 5.91 Å². The molecule has 0 radical (unpaired) electrons. The van der Waals surface area contributed by atoms with Crippen LogP contribution in [0, 0.1) is 5.82 Å². The molecule has 1 saturated heterocycles. The number of rotatable bonds is 6. The van der Waals surface area contributed by atoms with E-state index < -0.39 is 5.82 Å². The molecule has 1 fully saturated rings. The Labute approximate surface area is 151 Å². The van der Waals surface area contributed by atoms with Gasteiger partial charge in [0.05, 0.1) is 13.2 Å². The zero-order valence-electron chi connectivity index (χ0n) is 14.6. The fourth-order valence-corrected chi connectivity index (χ4v) is 3.04. The molecule has 0 saturated carbocycles. The Bertz CT molecular complexity index is 792. The molecule has 0 aliphatic carbocycles. The summed E-state index contributed by atoms with van der Waals surface area (Å²) in [6.45, 7) is 1.06. The minimum atomic E-state index is -0.457. The first-order valence-electron chi connectivity index (χ1n) is 8.52. The number of likely N-dealkylation sites (tertiary alicyclic amines) is 1. The number of amides is 2. The molecular weight excluding hydrogens is 335 g/mol. The van der Waals surface area contributed by atoms with Crippen molar-refractivity contribution in [2.45, 2.75) is 18.9 Å². The molecule has 1 N–H and O–H groups in total. The summed E-state index contributed by atoms with van der Waals surface area (Å²) in [5.74, 6) is -0.00486. The lowest BCUT2D eigenvalue weighted by molar-refractivity contribution is -0.127. The van der Waals surface area contributed by atoms with Crippen LogP contribution < -0.4 is 10.1 Å². The van der Waals surface area contributed by atoms with Crippen LogP contribution in [0.25, 0.3) is 0 Å². The van der Waals surface area contributed by atoms with Crippen LogP contribution in [0.1, 0.15) is 22.3 Å². The minimum absolute atomic E-state index is 0.0167. The number of carbonyl (C=O) groups is 2. The van der Waals surface area contributed by atoms with E-state index in [1.807, 2.05) is 24.3 Å². The van der Waals surface area contributed by atoms with E-state index in [1.54, 1.807) is 18.1 Å². The SMILES string of the molecule is COc1ccc(CCN2C[C@H](NC(=O)c3cccc(F)c3)CC2=O)cc1. The molecule has 6 heteroatoms. The van der Waals surface area contributed by atoms with Gasteiger partial charge in [-0.1, -0.05) is 18.2 Å². The van der Waals surface area contributed by atoms with Crippen molar-refractivity contribution >= 4 is 11.8 Å². The first-order chi connectivity index (χ1) is 12.5. The average Bonchev–Trinajstić information content (AvgIpc) is 2.99. The van der Waals surface area contributed by atoms with Gasteiger partial charge in [-0.15, -0.1) is 0 Å². The van der Waals surface area contributed by atoms with Crippen molar-refractivity contribution in [1.29, 1.82) is 0 Å². The predicted octanol–water partition coefficient (Wildman–Crippen LogP) is 2.41.